The van der Waals surface area contributed by atoms with Crippen LogP contribution >= 0.6 is 0 Å². The molecule has 0 atom stereocenters. The molecule has 0 heterocycles. The third kappa shape index (κ3) is 6.00. The Bertz CT molecular complexity index is 303. The average molecular weight is 234 g/mol. The monoisotopic (exact) mass is 234 g/mol. The van der Waals surface area contributed by atoms with Crippen molar-refractivity contribution in [2.45, 2.75) is 32.6 Å². The molecule has 0 spiro atoms. The molecular weight excluding hydrogens is 212 g/mol. The second kappa shape index (κ2) is 8.68. The molecule has 2 heteroatoms. The summed E-state index contributed by atoms with van der Waals surface area (Å²) in [7, 11) is 0. The van der Waals surface area contributed by atoms with Crippen molar-refractivity contribution in [1.29, 1.82) is 0 Å². The maximum absolute atomic E-state index is 5.62. The van der Waals surface area contributed by atoms with Gasteiger partial charge in [0.2, 0.25) is 0 Å². The standard InChI is InChI=1S/C15H22O2/c1-3-5-7-13-17-15-10-8-14(9-11-15)16-12-6-4-2/h4,8-11H,2-3,5-7,12-13H2,1H3. The number of benzene rings is 1. The summed E-state index contributed by atoms with van der Waals surface area (Å²) in [6.45, 7) is 7.32. The summed E-state index contributed by atoms with van der Waals surface area (Å²) in [6.07, 6.45) is 6.29. The molecule has 0 aliphatic rings. The normalized spacial score (nSPS) is 9.94. The van der Waals surface area contributed by atoms with Crippen molar-refractivity contribution in [2.75, 3.05) is 13.2 Å². The molecule has 0 N–H and O–H groups in total. The van der Waals surface area contributed by atoms with Crippen molar-refractivity contribution >= 4 is 0 Å². The number of rotatable bonds is 9. The Balaban J connectivity index is 2.26. The number of unbranched alkanes of at least 4 members (excludes halogenated alkanes) is 2. The molecular formula is C15H22O2. The molecule has 1 aromatic carbocycles. The van der Waals surface area contributed by atoms with E-state index in [2.05, 4.69) is 13.5 Å². The number of hydrogen-bond acceptors (Lipinski definition) is 2. The minimum atomic E-state index is 0.681. The highest BCUT2D eigenvalue weighted by atomic mass is 16.5. The molecule has 0 saturated carbocycles. The van der Waals surface area contributed by atoms with E-state index in [0.29, 0.717) is 6.61 Å². The summed E-state index contributed by atoms with van der Waals surface area (Å²) in [5, 5.41) is 0. The fourth-order valence-corrected chi connectivity index (χ4v) is 1.43. The van der Waals surface area contributed by atoms with Crippen molar-refractivity contribution in [3.63, 3.8) is 0 Å². The second-order valence-corrected chi connectivity index (χ2v) is 3.95. The molecule has 1 rings (SSSR count). The van der Waals surface area contributed by atoms with Crippen LogP contribution in [0.1, 0.15) is 32.6 Å². The SMILES string of the molecule is C=CCCOc1ccc(OCCCCC)cc1. The van der Waals surface area contributed by atoms with Crippen LogP contribution in [0.4, 0.5) is 0 Å². The van der Waals surface area contributed by atoms with Crippen LogP contribution in [0.15, 0.2) is 36.9 Å². The predicted octanol–water partition coefficient (Wildman–Crippen LogP) is 4.21. The molecule has 0 fully saturated rings. The molecule has 0 amide bonds. The molecule has 0 radical (unpaired) electrons. The quantitative estimate of drug-likeness (QED) is 0.470. The minimum absolute atomic E-state index is 0.681. The lowest BCUT2D eigenvalue weighted by molar-refractivity contribution is 0.303. The molecule has 17 heavy (non-hydrogen) atoms. The Labute approximate surface area is 104 Å². The third-order valence-electron chi connectivity index (χ3n) is 2.43. The van der Waals surface area contributed by atoms with E-state index in [1.54, 1.807) is 0 Å². The van der Waals surface area contributed by atoms with E-state index in [9.17, 15) is 0 Å². The van der Waals surface area contributed by atoms with E-state index in [0.717, 1.165) is 30.9 Å². The number of ether oxygens (including phenoxy) is 2. The zero-order valence-electron chi connectivity index (χ0n) is 10.7. The zero-order chi connectivity index (χ0) is 12.3. The fraction of sp³-hybridized carbons (Fsp3) is 0.467. The Morgan fingerprint density at radius 1 is 1.00 bits per heavy atom. The van der Waals surface area contributed by atoms with Gasteiger partial charge >= 0.3 is 0 Å². The highest BCUT2D eigenvalue weighted by Crippen LogP contribution is 2.18. The molecule has 0 saturated heterocycles. The summed E-state index contributed by atoms with van der Waals surface area (Å²) in [5.41, 5.74) is 0. The van der Waals surface area contributed by atoms with Gasteiger partial charge in [-0.25, -0.2) is 0 Å². The van der Waals surface area contributed by atoms with E-state index < -0.39 is 0 Å². The van der Waals surface area contributed by atoms with Crippen LogP contribution in [0.2, 0.25) is 0 Å². The van der Waals surface area contributed by atoms with Crippen LogP contribution in [0.5, 0.6) is 11.5 Å². The van der Waals surface area contributed by atoms with E-state index in [1.807, 2.05) is 30.3 Å². The zero-order valence-corrected chi connectivity index (χ0v) is 10.7. The molecule has 2 nitrogen and oxygen atoms in total. The molecule has 0 aromatic heterocycles. The number of hydrogen-bond donors (Lipinski definition) is 0. The Hall–Kier alpha value is -1.44. The van der Waals surface area contributed by atoms with Crippen molar-refractivity contribution in [3.05, 3.63) is 36.9 Å². The van der Waals surface area contributed by atoms with Gasteiger partial charge in [-0.2, -0.15) is 0 Å². The molecule has 94 valence electrons. The van der Waals surface area contributed by atoms with Gasteiger partial charge in [-0.1, -0.05) is 25.8 Å². The van der Waals surface area contributed by atoms with Gasteiger partial charge in [0.25, 0.3) is 0 Å². The van der Waals surface area contributed by atoms with Crippen molar-refractivity contribution in [3.8, 4) is 11.5 Å². The Morgan fingerprint density at radius 2 is 1.59 bits per heavy atom. The van der Waals surface area contributed by atoms with Gasteiger partial charge in [0, 0.05) is 0 Å². The predicted molar refractivity (Wildman–Crippen MR) is 71.8 cm³/mol. The van der Waals surface area contributed by atoms with E-state index >= 15 is 0 Å². The Morgan fingerprint density at radius 3 is 2.12 bits per heavy atom. The highest BCUT2D eigenvalue weighted by Gasteiger charge is 1.96. The topological polar surface area (TPSA) is 18.5 Å². The lowest BCUT2D eigenvalue weighted by Gasteiger charge is -2.07. The minimum Gasteiger partial charge on any atom is -0.494 e. The van der Waals surface area contributed by atoms with Crippen LogP contribution in [0, 0.1) is 0 Å². The first-order valence-corrected chi connectivity index (χ1v) is 6.33. The van der Waals surface area contributed by atoms with Crippen LogP contribution in [0.3, 0.4) is 0 Å². The van der Waals surface area contributed by atoms with E-state index in [4.69, 9.17) is 9.47 Å². The molecule has 0 bridgehead atoms. The Kier molecular flexibility index (Phi) is 6.96. The van der Waals surface area contributed by atoms with Crippen LogP contribution < -0.4 is 9.47 Å². The second-order valence-electron chi connectivity index (χ2n) is 3.95. The van der Waals surface area contributed by atoms with Gasteiger partial charge in [-0.05, 0) is 37.1 Å². The van der Waals surface area contributed by atoms with Gasteiger partial charge in [0.15, 0.2) is 0 Å². The van der Waals surface area contributed by atoms with Gasteiger partial charge in [-0.15, -0.1) is 6.58 Å². The maximum Gasteiger partial charge on any atom is 0.119 e. The van der Waals surface area contributed by atoms with Crippen LogP contribution in [0.25, 0.3) is 0 Å². The molecule has 1 aromatic rings. The third-order valence-corrected chi connectivity index (χ3v) is 2.43. The molecule has 0 unspecified atom stereocenters. The van der Waals surface area contributed by atoms with Gasteiger partial charge < -0.3 is 9.47 Å². The summed E-state index contributed by atoms with van der Waals surface area (Å²) in [6, 6.07) is 7.79. The van der Waals surface area contributed by atoms with E-state index in [1.165, 1.54) is 12.8 Å². The lowest BCUT2D eigenvalue weighted by atomic mass is 10.3. The summed E-state index contributed by atoms with van der Waals surface area (Å²) in [4.78, 5) is 0. The van der Waals surface area contributed by atoms with Crippen molar-refractivity contribution in [2.24, 2.45) is 0 Å². The van der Waals surface area contributed by atoms with Crippen LogP contribution in [-0.2, 0) is 0 Å². The van der Waals surface area contributed by atoms with Crippen molar-refractivity contribution in [1.82, 2.24) is 0 Å². The average Bonchev–Trinajstić information content (AvgIpc) is 2.37. The first-order chi connectivity index (χ1) is 8.36. The van der Waals surface area contributed by atoms with Gasteiger partial charge in [0.1, 0.15) is 11.5 Å². The molecule has 0 aliphatic heterocycles. The smallest absolute Gasteiger partial charge is 0.119 e. The fourth-order valence-electron chi connectivity index (χ4n) is 1.43. The summed E-state index contributed by atoms with van der Waals surface area (Å²) in [5.74, 6) is 1.80. The highest BCUT2D eigenvalue weighted by molar-refractivity contribution is 5.31. The first-order valence-electron chi connectivity index (χ1n) is 6.33. The largest absolute Gasteiger partial charge is 0.494 e. The molecule has 0 aliphatic carbocycles. The summed E-state index contributed by atoms with van der Waals surface area (Å²) < 4.78 is 11.1. The summed E-state index contributed by atoms with van der Waals surface area (Å²) >= 11 is 0. The van der Waals surface area contributed by atoms with Gasteiger partial charge in [0.05, 0.1) is 13.2 Å². The van der Waals surface area contributed by atoms with E-state index in [-0.39, 0.29) is 0 Å². The van der Waals surface area contributed by atoms with Gasteiger partial charge in [-0.3, -0.25) is 0 Å². The first kappa shape index (κ1) is 13.6. The van der Waals surface area contributed by atoms with Crippen LogP contribution in [-0.4, -0.2) is 13.2 Å². The maximum atomic E-state index is 5.62. The lowest BCUT2D eigenvalue weighted by Crippen LogP contribution is -1.98. The van der Waals surface area contributed by atoms with Crippen molar-refractivity contribution < 1.29 is 9.47 Å².